The van der Waals surface area contributed by atoms with Crippen molar-refractivity contribution in [2.75, 3.05) is 6.61 Å². The number of rotatable bonds is 30. The lowest BCUT2D eigenvalue weighted by atomic mass is 10.0. The van der Waals surface area contributed by atoms with Gasteiger partial charge in [-0.25, -0.2) is 0 Å². The van der Waals surface area contributed by atoms with E-state index in [1.807, 2.05) is 0 Å². The number of unbranched alkanes of at least 4 members (excludes halogenated alkanes) is 21. The van der Waals surface area contributed by atoms with Gasteiger partial charge in [-0.1, -0.05) is 155 Å². The Bertz CT molecular complexity index is 470. The summed E-state index contributed by atoms with van der Waals surface area (Å²) in [6.45, 7) is 9.19. The maximum Gasteiger partial charge on any atom is 0.246 e. The number of amides is 1. The molecule has 0 saturated carbocycles. The molecule has 0 spiro atoms. The first-order chi connectivity index (χ1) is 18.0. The molecule has 0 fully saturated rings. The standard InChI is InChI=1S/C33H67NO3/c1-5-7-9-11-13-15-17-18-19-20-22-24-26-28-32(37-31(4)33(34)35)30(3)36-29-27-25-23-21-16-14-12-10-8-6-2/h30-32H,5-29H2,1-4H3,(H2,34,35). The van der Waals surface area contributed by atoms with E-state index in [1.54, 1.807) is 6.92 Å². The molecule has 0 bridgehead atoms. The van der Waals surface area contributed by atoms with Crippen LogP contribution in [0.1, 0.15) is 182 Å². The number of carbonyl (C=O) groups is 1. The molecule has 0 aliphatic heterocycles. The third-order valence-corrected chi connectivity index (χ3v) is 7.77. The normalized spacial score (nSPS) is 14.1. The van der Waals surface area contributed by atoms with Crippen LogP contribution in [-0.2, 0) is 14.3 Å². The van der Waals surface area contributed by atoms with Gasteiger partial charge in [0.1, 0.15) is 6.10 Å². The lowest BCUT2D eigenvalue weighted by Gasteiger charge is -2.27. The molecule has 0 aliphatic carbocycles. The Morgan fingerprint density at radius 1 is 0.568 bits per heavy atom. The van der Waals surface area contributed by atoms with Gasteiger partial charge in [0.05, 0.1) is 12.2 Å². The maximum atomic E-state index is 11.6. The predicted molar refractivity (Wildman–Crippen MR) is 161 cm³/mol. The van der Waals surface area contributed by atoms with E-state index < -0.39 is 12.0 Å². The van der Waals surface area contributed by atoms with Gasteiger partial charge in [-0.15, -0.1) is 0 Å². The summed E-state index contributed by atoms with van der Waals surface area (Å²) in [5.74, 6) is -0.391. The van der Waals surface area contributed by atoms with Gasteiger partial charge in [0.2, 0.25) is 5.91 Å². The van der Waals surface area contributed by atoms with Crippen molar-refractivity contribution >= 4 is 5.91 Å². The molecule has 0 radical (unpaired) electrons. The Hall–Kier alpha value is -0.610. The summed E-state index contributed by atoms with van der Waals surface area (Å²) < 4.78 is 12.2. The van der Waals surface area contributed by atoms with Crippen LogP contribution in [0.4, 0.5) is 0 Å². The summed E-state index contributed by atoms with van der Waals surface area (Å²) in [6, 6.07) is 0. The van der Waals surface area contributed by atoms with Crippen molar-refractivity contribution in [2.45, 2.75) is 200 Å². The van der Waals surface area contributed by atoms with Crippen LogP contribution >= 0.6 is 0 Å². The smallest absolute Gasteiger partial charge is 0.246 e. The fourth-order valence-electron chi connectivity index (χ4n) is 5.07. The van der Waals surface area contributed by atoms with E-state index >= 15 is 0 Å². The molecule has 0 aromatic carbocycles. The molecule has 1 amide bonds. The highest BCUT2D eigenvalue weighted by Crippen LogP contribution is 2.18. The average molecular weight is 526 g/mol. The summed E-state index contributed by atoms with van der Waals surface area (Å²) in [6.07, 6.45) is 31.2. The largest absolute Gasteiger partial charge is 0.376 e. The molecule has 0 aliphatic rings. The Morgan fingerprint density at radius 3 is 1.30 bits per heavy atom. The zero-order valence-corrected chi connectivity index (χ0v) is 25.7. The summed E-state index contributed by atoms with van der Waals surface area (Å²) in [5, 5.41) is 0. The van der Waals surface area contributed by atoms with Crippen LogP contribution in [0.15, 0.2) is 0 Å². The lowest BCUT2D eigenvalue weighted by Crippen LogP contribution is -2.38. The molecule has 0 saturated heterocycles. The summed E-state index contributed by atoms with van der Waals surface area (Å²) >= 11 is 0. The molecule has 37 heavy (non-hydrogen) atoms. The Labute approximate surface area is 232 Å². The van der Waals surface area contributed by atoms with Crippen LogP contribution in [-0.4, -0.2) is 30.8 Å². The molecule has 4 nitrogen and oxygen atoms in total. The van der Waals surface area contributed by atoms with Crippen LogP contribution in [0.25, 0.3) is 0 Å². The van der Waals surface area contributed by atoms with Crippen molar-refractivity contribution in [2.24, 2.45) is 5.73 Å². The average Bonchev–Trinajstić information content (AvgIpc) is 2.88. The second-order valence-electron chi connectivity index (χ2n) is 11.5. The zero-order valence-electron chi connectivity index (χ0n) is 25.7. The predicted octanol–water partition coefficient (Wildman–Crippen LogP) is 10.1. The third-order valence-electron chi connectivity index (χ3n) is 7.77. The minimum Gasteiger partial charge on any atom is -0.376 e. The molecular formula is C33H67NO3. The van der Waals surface area contributed by atoms with Crippen molar-refractivity contribution in [1.82, 2.24) is 0 Å². The molecule has 2 N–H and O–H groups in total. The highest BCUT2D eigenvalue weighted by Gasteiger charge is 2.23. The summed E-state index contributed by atoms with van der Waals surface area (Å²) in [4.78, 5) is 11.6. The van der Waals surface area contributed by atoms with Crippen molar-refractivity contribution in [3.05, 3.63) is 0 Å². The second-order valence-corrected chi connectivity index (χ2v) is 11.5. The maximum absolute atomic E-state index is 11.6. The number of hydrogen-bond donors (Lipinski definition) is 1. The molecule has 4 heteroatoms. The van der Waals surface area contributed by atoms with Gasteiger partial charge in [0, 0.05) is 6.61 Å². The van der Waals surface area contributed by atoms with Crippen LogP contribution in [0.2, 0.25) is 0 Å². The van der Waals surface area contributed by atoms with Gasteiger partial charge in [0.15, 0.2) is 0 Å². The second kappa shape index (κ2) is 28.4. The Morgan fingerprint density at radius 2 is 0.919 bits per heavy atom. The number of carbonyl (C=O) groups excluding carboxylic acids is 1. The highest BCUT2D eigenvalue weighted by atomic mass is 16.5. The van der Waals surface area contributed by atoms with Crippen molar-refractivity contribution in [3.63, 3.8) is 0 Å². The zero-order chi connectivity index (χ0) is 27.4. The molecule has 0 heterocycles. The third kappa shape index (κ3) is 25.4. The number of ether oxygens (including phenoxy) is 2. The number of primary amides is 1. The quantitative estimate of drug-likeness (QED) is 0.0949. The molecule has 0 aromatic rings. The van der Waals surface area contributed by atoms with E-state index in [9.17, 15) is 4.79 Å². The molecular weight excluding hydrogens is 458 g/mol. The minimum atomic E-state index is -0.560. The van der Waals surface area contributed by atoms with E-state index in [1.165, 1.54) is 135 Å². The first kappa shape index (κ1) is 36.4. The molecule has 3 atom stereocenters. The van der Waals surface area contributed by atoms with Crippen LogP contribution in [0.5, 0.6) is 0 Å². The van der Waals surface area contributed by atoms with Crippen molar-refractivity contribution in [1.29, 1.82) is 0 Å². The fourth-order valence-corrected chi connectivity index (χ4v) is 5.07. The van der Waals surface area contributed by atoms with Crippen LogP contribution in [0, 0.1) is 0 Å². The number of nitrogens with two attached hydrogens (primary N) is 1. The molecule has 3 unspecified atom stereocenters. The number of hydrogen-bond acceptors (Lipinski definition) is 3. The summed E-state index contributed by atoms with van der Waals surface area (Å²) in [5.41, 5.74) is 5.47. The van der Waals surface area contributed by atoms with Gasteiger partial charge >= 0.3 is 0 Å². The Kier molecular flexibility index (Phi) is 27.9. The SMILES string of the molecule is CCCCCCCCCCCCCCCC(OC(C)C(N)=O)C(C)OCCCCCCCCCCCC. The van der Waals surface area contributed by atoms with Crippen molar-refractivity contribution < 1.29 is 14.3 Å². The summed E-state index contributed by atoms with van der Waals surface area (Å²) in [7, 11) is 0. The topological polar surface area (TPSA) is 61.5 Å². The van der Waals surface area contributed by atoms with E-state index in [2.05, 4.69) is 20.8 Å². The van der Waals surface area contributed by atoms with Gasteiger partial charge in [-0.2, -0.15) is 0 Å². The first-order valence-electron chi connectivity index (χ1n) is 16.6. The lowest BCUT2D eigenvalue weighted by molar-refractivity contribution is -0.140. The van der Waals surface area contributed by atoms with E-state index in [4.69, 9.17) is 15.2 Å². The molecule has 0 rings (SSSR count). The molecule has 0 aromatic heterocycles. The minimum absolute atomic E-state index is 0.00214. The molecule has 222 valence electrons. The first-order valence-corrected chi connectivity index (χ1v) is 16.6. The van der Waals surface area contributed by atoms with E-state index in [0.29, 0.717) is 0 Å². The van der Waals surface area contributed by atoms with Crippen molar-refractivity contribution in [3.8, 4) is 0 Å². The van der Waals surface area contributed by atoms with Gasteiger partial charge in [-0.05, 0) is 26.7 Å². The van der Waals surface area contributed by atoms with Gasteiger partial charge in [0.25, 0.3) is 0 Å². The monoisotopic (exact) mass is 526 g/mol. The van der Waals surface area contributed by atoms with Gasteiger partial charge < -0.3 is 15.2 Å². The highest BCUT2D eigenvalue weighted by molar-refractivity contribution is 5.78. The van der Waals surface area contributed by atoms with E-state index in [0.717, 1.165) is 25.9 Å². The van der Waals surface area contributed by atoms with Gasteiger partial charge in [-0.3, -0.25) is 4.79 Å². The van der Waals surface area contributed by atoms with Crippen LogP contribution in [0.3, 0.4) is 0 Å². The van der Waals surface area contributed by atoms with E-state index in [-0.39, 0.29) is 12.2 Å². The Balaban J connectivity index is 3.90. The van der Waals surface area contributed by atoms with Crippen LogP contribution < -0.4 is 5.73 Å². The fraction of sp³-hybridized carbons (Fsp3) is 0.970.